The maximum absolute atomic E-state index is 12.8. The van der Waals surface area contributed by atoms with Crippen LogP contribution in [0.5, 0.6) is 0 Å². The molecule has 1 atom stereocenters. The second-order valence-corrected chi connectivity index (χ2v) is 6.15. The van der Waals surface area contributed by atoms with Crippen LogP contribution in [0.1, 0.15) is 41.4 Å². The number of likely N-dealkylation sites (tertiary alicyclic amines) is 1. The van der Waals surface area contributed by atoms with E-state index in [1.54, 1.807) is 6.92 Å². The van der Waals surface area contributed by atoms with E-state index < -0.39 is 11.5 Å². The van der Waals surface area contributed by atoms with E-state index in [2.05, 4.69) is 0 Å². The van der Waals surface area contributed by atoms with Crippen LogP contribution in [0.2, 0.25) is 0 Å². The van der Waals surface area contributed by atoms with Gasteiger partial charge in [0.15, 0.2) is 5.76 Å². The Labute approximate surface area is 128 Å². The number of aliphatic carboxylic acids is 1. The molecule has 1 aromatic heterocycles. The maximum Gasteiger partial charge on any atom is 0.329 e. The Kier molecular flexibility index (Phi) is 3.24. The molecule has 116 valence electrons. The average molecular weight is 301 g/mol. The number of furan rings is 1. The van der Waals surface area contributed by atoms with Crippen molar-refractivity contribution in [1.29, 1.82) is 0 Å². The number of fused-ring (bicyclic) bond motifs is 1. The largest absolute Gasteiger partial charge is 0.480 e. The van der Waals surface area contributed by atoms with Gasteiger partial charge >= 0.3 is 5.97 Å². The SMILES string of the molecule is Cc1c(C(=O)N2CCCC2(C)C(=O)O)oc2c(C)cccc12. The number of nitrogens with zero attached hydrogens (tertiary/aromatic N) is 1. The third-order valence-electron chi connectivity index (χ3n) is 4.70. The van der Waals surface area contributed by atoms with Gasteiger partial charge in [-0.05, 0) is 39.2 Å². The van der Waals surface area contributed by atoms with E-state index in [9.17, 15) is 14.7 Å². The summed E-state index contributed by atoms with van der Waals surface area (Å²) in [6, 6.07) is 5.76. The highest BCUT2D eigenvalue weighted by Gasteiger charge is 2.47. The monoisotopic (exact) mass is 301 g/mol. The number of benzene rings is 1. The zero-order valence-electron chi connectivity index (χ0n) is 13.0. The number of carboxylic acid groups (broad SMARTS) is 1. The molecule has 1 aromatic carbocycles. The van der Waals surface area contributed by atoms with Crippen LogP contribution >= 0.6 is 0 Å². The van der Waals surface area contributed by atoms with Gasteiger partial charge < -0.3 is 14.4 Å². The molecule has 1 amide bonds. The number of para-hydroxylation sites is 1. The topological polar surface area (TPSA) is 70.8 Å². The van der Waals surface area contributed by atoms with Crippen molar-refractivity contribution in [2.24, 2.45) is 0 Å². The Morgan fingerprint density at radius 1 is 1.32 bits per heavy atom. The molecule has 2 heterocycles. The molecule has 5 heteroatoms. The predicted molar refractivity (Wildman–Crippen MR) is 82.0 cm³/mol. The summed E-state index contributed by atoms with van der Waals surface area (Å²) >= 11 is 0. The van der Waals surface area contributed by atoms with Gasteiger partial charge in [-0.1, -0.05) is 18.2 Å². The molecule has 1 fully saturated rings. The Morgan fingerprint density at radius 3 is 2.68 bits per heavy atom. The van der Waals surface area contributed by atoms with Crippen LogP contribution < -0.4 is 0 Å². The van der Waals surface area contributed by atoms with Crippen LogP contribution in [0.25, 0.3) is 11.0 Å². The summed E-state index contributed by atoms with van der Waals surface area (Å²) < 4.78 is 5.79. The van der Waals surface area contributed by atoms with Crippen molar-refractivity contribution in [1.82, 2.24) is 4.90 Å². The summed E-state index contributed by atoms with van der Waals surface area (Å²) in [6.45, 7) is 5.81. The van der Waals surface area contributed by atoms with E-state index in [1.807, 2.05) is 32.0 Å². The quantitative estimate of drug-likeness (QED) is 0.925. The number of aryl methyl sites for hydroxylation is 2. The summed E-state index contributed by atoms with van der Waals surface area (Å²) in [7, 11) is 0. The van der Waals surface area contributed by atoms with Gasteiger partial charge in [0.25, 0.3) is 5.91 Å². The van der Waals surface area contributed by atoms with Crippen molar-refractivity contribution in [3.63, 3.8) is 0 Å². The van der Waals surface area contributed by atoms with Crippen LogP contribution in [0, 0.1) is 13.8 Å². The molecule has 0 aliphatic carbocycles. The zero-order chi connectivity index (χ0) is 16.1. The summed E-state index contributed by atoms with van der Waals surface area (Å²) in [5.41, 5.74) is 1.27. The Hall–Kier alpha value is -2.30. The minimum Gasteiger partial charge on any atom is -0.480 e. The van der Waals surface area contributed by atoms with Crippen molar-refractivity contribution >= 4 is 22.8 Å². The Morgan fingerprint density at radius 2 is 2.05 bits per heavy atom. The van der Waals surface area contributed by atoms with Gasteiger partial charge in [-0.15, -0.1) is 0 Å². The third-order valence-corrected chi connectivity index (χ3v) is 4.70. The molecular weight excluding hydrogens is 282 g/mol. The zero-order valence-corrected chi connectivity index (χ0v) is 13.0. The summed E-state index contributed by atoms with van der Waals surface area (Å²) in [5, 5.41) is 10.4. The predicted octanol–water partition coefficient (Wildman–Crippen LogP) is 3.13. The lowest BCUT2D eigenvalue weighted by Crippen LogP contribution is -2.50. The van der Waals surface area contributed by atoms with E-state index >= 15 is 0 Å². The number of carbonyl (C=O) groups is 2. The van der Waals surface area contributed by atoms with Gasteiger partial charge in [0, 0.05) is 17.5 Å². The fourth-order valence-electron chi connectivity index (χ4n) is 3.22. The fourth-order valence-corrected chi connectivity index (χ4v) is 3.22. The third kappa shape index (κ3) is 1.92. The van der Waals surface area contributed by atoms with Crippen LogP contribution in [-0.2, 0) is 4.79 Å². The first-order chi connectivity index (χ1) is 10.4. The first kappa shape index (κ1) is 14.6. The lowest BCUT2D eigenvalue weighted by atomic mass is 9.99. The smallest absolute Gasteiger partial charge is 0.329 e. The van der Waals surface area contributed by atoms with Gasteiger partial charge in [0.2, 0.25) is 0 Å². The molecule has 5 nitrogen and oxygen atoms in total. The number of rotatable bonds is 2. The molecule has 2 aromatic rings. The number of amides is 1. The van der Waals surface area contributed by atoms with Crippen molar-refractivity contribution in [2.45, 2.75) is 39.2 Å². The lowest BCUT2D eigenvalue weighted by molar-refractivity contribution is -0.147. The highest BCUT2D eigenvalue weighted by molar-refractivity contribution is 6.01. The molecular formula is C17H19NO4. The molecule has 1 unspecified atom stereocenters. The molecule has 1 aliphatic heterocycles. The molecule has 0 saturated carbocycles. The fraction of sp³-hybridized carbons (Fsp3) is 0.412. The summed E-state index contributed by atoms with van der Waals surface area (Å²) in [4.78, 5) is 25.8. The molecule has 1 N–H and O–H groups in total. The normalized spacial score (nSPS) is 21.5. The lowest BCUT2D eigenvalue weighted by Gasteiger charge is -2.30. The number of hydrogen-bond acceptors (Lipinski definition) is 3. The minimum atomic E-state index is -1.16. The maximum atomic E-state index is 12.8. The van der Waals surface area contributed by atoms with Gasteiger partial charge in [0.05, 0.1) is 0 Å². The van der Waals surface area contributed by atoms with E-state index in [4.69, 9.17) is 4.42 Å². The van der Waals surface area contributed by atoms with Crippen LogP contribution in [-0.4, -0.2) is 34.0 Å². The van der Waals surface area contributed by atoms with Crippen LogP contribution in [0.15, 0.2) is 22.6 Å². The average Bonchev–Trinajstić information content (AvgIpc) is 3.02. The van der Waals surface area contributed by atoms with Crippen LogP contribution in [0.3, 0.4) is 0 Å². The highest BCUT2D eigenvalue weighted by atomic mass is 16.4. The summed E-state index contributed by atoms with van der Waals surface area (Å²) in [6.07, 6.45) is 1.15. The van der Waals surface area contributed by atoms with Gasteiger partial charge in [-0.2, -0.15) is 0 Å². The second-order valence-electron chi connectivity index (χ2n) is 6.15. The summed E-state index contributed by atoms with van der Waals surface area (Å²) in [5.74, 6) is -1.06. The Balaban J connectivity index is 2.08. The number of carboxylic acids is 1. The van der Waals surface area contributed by atoms with Gasteiger partial charge in [-0.3, -0.25) is 4.79 Å². The van der Waals surface area contributed by atoms with Gasteiger partial charge in [-0.25, -0.2) is 4.79 Å². The van der Waals surface area contributed by atoms with Gasteiger partial charge in [0.1, 0.15) is 11.1 Å². The second kappa shape index (κ2) is 4.87. The van der Waals surface area contributed by atoms with Crippen LogP contribution in [0.4, 0.5) is 0 Å². The molecule has 1 aliphatic rings. The van der Waals surface area contributed by atoms with E-state index in [0.717, 1.165) is 16.5 Å². The molecule has 3 rings (SSSR count). The molecule has 1 saturated heterocycles. The van der Waals surface area contributed by atoms with E-state index in [0.29, 0.717) is 25.0 Å². The van der Waals surface area contributed by atoms with E-state index in [-0.39, 0.29) is 11.7 Å². The first-order valence-corrected chi connectivity index (χ1v) is 7.40. The first-order valence-electron chi connectivity index (χ1n) is 7.40. The Bertz CT molecular complexity index is 776. The molecule has 0 radical (unpaired) electrons. The molecule has 0 spiro atoms. The molecule has 22 heavy (non-hydrogen) atoms. The van der Waals surface area contributed by atoms with E-state index in [1.165, 1.54) is 4.90 Å². The van der Waals surface area contributed by atoms with Crippen molar-refractivity contribution in [3.8, 4) is 0 Å². The number of carbonyl (C=O) groups excluding carboxylic acids is 1. The van der Waals surface area contributed by atoms with Crippen molar-refractivity contribution in [2.75, 3.05) is 6.54 Å². The standard InChI is InChI=1S/C17H19NO4/c1-10-6-4-7-12-11(2)14(22-13(10)12)15(19)18-9-5-8-17(18,3)16(20)21/h4,6-7H,5,8-9H2,1-3H3,(H,20,21). The van der Waals surface area contributed by atoms with Crippen molar-refractivity contribution in [3.05, 3.63) is 35.1 Å². The minimum absolute atomic E-state index is 0.249. The number of hydrogen-bond donors (Lipinski definition) is 1. The molecule has 0 bridgehead atoms. The highest BCUT2D eigenvalue weighted by Crippen LogP contribution is 2.34. The van der Waals surface area contributed by atoms with Crippen molar-refractivity contribution < 1.29 is 19.1 Å².